The van der Waals surface area contributed by atoms with Crippen molar-refractivity contribution in [2.75, 3.05) is 44.6 Å². The van der Waals surface area contributed by atoms with Crippen LogP contribution in [0.25, 0.3) is 0 Å². The van der Waals surface area contributed by atoms with Gasteiger partial charge in [0.15, 0.2) is 5.13 Å². The van der Waals surface area contributed by atoms with E-state index in [1.807, 2.05) is 0 Å². The van der Waals surface area contributed by atoms with Crippen LogP contribution in [0.5, 0.6) is 0 Å². The molecule has 0 bridgehead atoms. The Morgan fingerprint density at radius 1 is 1.37 bits per heavy atom. The second-order valence-corrected chi connectivity index (χ2v) is 5.08. The molecule has 2 amide bonds. The Morgan fingerprint density at radius 3 is 2.84 bits per heavy atom. The number of hydrogen-bond acceptors (Lipinski definition) is 6. The minimum absolute atomic E-state index is 0.0233. The maximum Gasteiger partial charge on any atom is 0.245 e. The molecule has 1 aliphatic rings. The largest absolute Gasteiger partial charge is 0.346 e. The molecule has 0 saturated carbocycles. The summed E-state index contributed by atoms with van der Waals surface area (Å²) in [5.74, 6) is -0.389. The van der Waals surface area contributed by atoms with E-state index in [2.05, 4.69) is 25.8 Å². The van der Waals surface area contributed by atoms with E-state index in [9.17, 15) is 9.59 Å². The highest BCUT2D eigenvalue weighted by Crippen LogP contribution is 2.09. The highest BCUT2D eigenvalue weighted by atomic mass is 32.1. The molecule has 8 heteroatoms. The Bertz CT molecular complexity index is 417. The molecule has 0 aliphatic carbocycles. The number of anilines is 1. The van der Waals surface area contributed by atoms with Gasteiger partial charge >= 0.3 is 0 Å². The van der Waals surface area contributed by atoms with E-state index in [0.717, 1.165) is 26.2 Å². The van der Waals surface area contributed by atoms with Crippen molar-refractivity contribution in [3.05, 3.63) is 11.6 Å². The second kappa shape index (κ2) is 7.17. The highest BCUT2D eigenvalue weighted by molar-refractivity contribution is 7.13. The van der Waals surface area contributed by atoms with Crippen molar-refractivity contribution in [1.82, 2.24) is 20.5 Å². The summed E-state index contributed by atoms with van der Waals surface area (Å²) < 4.78 is 0. The average molecular weight is 283 g/mol. The molecule has 3 N–H and O–H groups in total. The molecule has 2 heterocycles. The van der Waals surface area contributed by atoms with Crippen LogP contribution < -0.4 is 16.0 Å². The number of rotatable bonds is 5. The molecule has 1 aromatic rings. The molecule has 0 unspecified atom stereocenters. The Hall–Kier alpha value is -1.51. The predicted molar refractivity (Wildman–Crippen MR) is 73.1 cm³/mol. The van der Waals surface area contributed by atoms with E-state index in [1.54, 1.807) is 11.6 Å². The number of nitrogens with zero attached hydrogens (tertiary/aromatic N) is 2. The molecule has 1 fully saturated rings. The van der Waals surface area contributed by atoms with Crippen LogP contribution in [0.4, 0.5) is 5.13 Å². The van der Waals surface area contributed by atoms with E-state index in [4.69, 9.17) is 0 Å². The van der Waals surface area contributed by atoms with E-state index in [-0.39, 0.29) is 18.4 Å². The third-order valence-electron chi connectivity index (χ3n) is 2.70. The van der Waals surface area contributed by atoms with Crippen LogP contribution in [0.15, 0.2) is 11.6 Å². The third-order valence-corrected chi connectivity index (χ3v) is 3.39. The highest BCUT2D eigenvalue weighted by Gasteiger charge is 2.14. The summed E-state index contributed by atoms with van der Waals surface area (Å²) in [6.07, 6.45) is 1.61. The van der Waals surface area contributed by atoms with Gasteiger partial charge in [0, 0.05) is 37.8 Å². The fourth-order valence-corrected chi connectivity index (χ4v) is 2.30. The minimum atomic E-state index is -0.261. The number of piperazine rings is 1. The van der Waals surface area contributed by atoms with Crippen molar-refractivity contribution < 1.29 is 9.59 Å². The van der Waals surface area contributed by atoms with E-state index < -0.39 is 0 Å². The molecule has 1 saturated heterocycles. The van der Waals surface area contributed by atoms with Gasteiger partial charge in [-0.3, -0.25) is 14.5 Å². The van der Waals surface area contributed by atoms with E-state index in [1.165, 1.54) is 11.3 Å². The maximum absolute atomic E-state index is 11.7. The molecule has 1 aliphatic heterocycles. The topological polar surface area (TPSA) is 86.4 Å². The summed E-state index contributed by atoms with van der Waals surface area (Å²) in [6.45, 7) is 3.84. The maximum atomic E-state index is 11.7. The quantitative estimate of drug-likeness (QED) is 0.652. The van der Waals surface area contributed by atoms with Crippen molar-refractivity contribution in [1.29, 1.82) is 0 Å². The molecule has 0 aromatic carbocycles. The standard InChI is InChI=1S/C11H17N5O2S/c17-9(15-11-13-3-6-19-11)7-14-10(18)8-16-4-1-12-2-5-16/h3,6,12H,1-2,4-5,7-8H2,(H,14,18)(H,13,15,17). The van der Waals surface area contributed by atoms with Crippen molar-refractivity contribution in [3.63, 3.8) is 0 Å². The predicted octanol–water partition coefficient (Wildman–Crippen LogP) is -0.897. The van der Waals surface area contributed by atoms with Gasteiger partial charge in [0.1, 0.15) is 0 Å². The van der Waals surface area contributed by atoms with E-state index in [0.29, 0.717) is 11.7 Å². The van der Waals surface area contributed by atoms with E-state index >= 15 is 0 Å². The van der Waals surface area contributed by atoms with Crippen molar-refractivity contribution in [2.24, 2.45) is 0 Å². The fraction of sp³-hybridized carbons (Fsp3) is 0.545. The summed E-state index contributed by atoms with van der Waals surface area (Å²) in [5, 5.41) is 10.8. The normalized spacial score (nSPS) is 16.0. The summed E-state index contributed by atoms with van der Waals surface area (Å²) in [7, 11) is 0. The van der Waals surface area contributed by atoms with Gasteiger partial charge in [-0.15, -0.1) is 11.3 Å². The number of hydrogen-bond donors (Lipinski definition) is 3. The Kier molecular flexibility index (Phi) is 5.25. The second-order valence-electron chi connectivity index (χ2n) is 4.19. The minimum Gasteiger partial charge on any atom is -0.346 e. The van der Waals surface area contributed by atoms with Crippen LogP contribution in [-0.4, -0.2) is 61.0 Å². The van der Waals surface area contributed by atoms with Crippen LogP contribution in [-0.2, 0) is 9.59 Å². The number of aromatic nitrogens is 1. The van der Waals surface area contributed by atoms with Gasteiger partial charge in [-0.25, -0.2) is 4.98 Å². The first kappa shape index (κ1) is 13.9. The number of carbonyl (C=O) groups excluding carboxylic acids is 2. The van der Waals surface area contributed by atoms with Gasteiger partial charge in [0.05, 0.1) is 13.1 Å². The van der Waals surface area contributed by atoms with Crippen LogP contribution in [0, 0.1) is 0 Å². The van der Waals surface area contributed by atoms with Gasteiger partial charge in [-0.2, -0.15) is 0 Å². The zero-order valence-corrected chi connectivity index (χ0v) is 11.3. The fourth-order valence-electron chi connectivity index (χ4n) is 1.76. The number of thiazole rings is 1. The molecule has 0 radical (unpaired) electrons. The Balaban J connectivity index is 1.64. The van der Waals surface area contributed by atoms with Crippen molar-refractivity contribution in [3.8, 4) is 0 Å². The monoisotopic (exact) mass is 283 g/mol. The summed E-state index contributed by atoms with van der Waals surface area (Å²) >= 11 is 1.34. The average Bonchev–Trinajstić information content (AvgIpc) is 2.90. The van der Waals surface area contributed by atoms with Crippen LogP contribution in [0.1, 0.15) is 0 Å². The lowest BCUT2D eigenvalue weighted by molar-refractivity contribution is -0.125. The molecule has 2 rings (SSSR count). The van der Waals surface area contributed by atoms with Crippen LogP contribution >= 0.6 is 11.3 Å². The van der Waals surface area contributed by atoms with Gasteiger partial charge < -0.3 is 16.0 Å². The van der Waals surface area contributed by atoms with Gasteiger partial charge in [-0.1, -0.05) is 0 Å². The molecule has 7 nitrogen and oxygen atoms in total. The molecule has 1 aromatic heterocycles. The lowest BCUT2D eigenvalue weighted by Crippen LogP contribution is -2.48. The Labute approximate surface area is 115 Å². The van der Waals surface area contributed by atoms with Gasteiger partial charge in [0.2, 0.25) is 11.8 Å². The van der Waals surface area contributed by atoms with Crippen molar-refractivity contribution in [2.45, 2.75) is 0 Å². The molecule has 104 valence electrons. The summed E-state index contributed by atoms with van der Waals surface area (Å²) in [4.78, 5) is 29.2. The first-order chi connectivity index (χ1) is 9.24. The smallest absolute Gasteiger partial charge is 0.245 e. The summed E-state index contributed by atoms with van der Waals surface area (Å²) in [6, 6.07) is 0. The van der Waals surface area contributed by atoms with Crippen LogP contribution in [0.3, 0.4) is 0 Å². The zero-order valence-electron chi connectivity index (χ0n) is 10.5. The van der Waals surface area contributed by atoms with Crippen molar-refractivity contribution >= 4 is 28.3 Å². The first-order valence-electron chi connectivity index (χ1n) is 6.13. The lowest BCUT2D eigenvalue weighted by Gasteiger charge is -2.26. The SMILES string of the molecule is O=C(CN1CCNCC1)NCC(=O)Nc1nccs1. The molecular weight excluding hydrogens is 266 g/mol. The third kappa shape index (κ3) is 4.93. The van der Waals surface area contributed by atoms with Gasteiger partial charge in [-0.05, 0) is 0 Å². The Morgan fingerprint density at radius 2 is 2.16 bits per heavy atom. The molecule has 19 heavy (non-hydrogen) atoms. The molecular formula is C11H17N5O2S. The zero-order chi connectivity index (χ0) is 13.5. The summed E-state index contributed by atoms with van der Waals surface area (Å²) in [5.41, 5.74) is 0. The molecule has 0 atom stereocenters. The van der Waals surface area contributed by atoms with Crippen LogP contribution in [0.2, 0.25) is 0 Å². The number of nitrogens with one attached hydrogen (secondary N) is 3. The number of carbonyl (C=O) groups is 2. The number of amides is 2. The molecule has 0 spiro atoms. The first-order valence-corrected chi connectivity index (χ1v) is 7.01. The van der Waals surface area contributed by atoms with Gasteiger partial charge in [0.25, 0.3) is 0 Å². The lowest BCUT2D eigenvalue weighted by atomic mass is 10.3.